The number of aryl methyl sites for hydroxylation is 1. The maximum atomic E-state index is 12.4. The van der Waals surface area contributed by atoms with Crippen LogP contribution >= 0.6 is 11.8 Å². The Hall–Kier alpha value is -0.570. The van der Waals surface area contributed by atoms with Gasteiger partial charge in [-0.2, -0.15) is 16.9 Å². The molecule has 1 rings (SSSR count). The van der Waals surface area contributed by atoms with Crippen LogP contribution in [-0.4, -0.2) is 50.3 Å². The monoisotopic (exact) mass is 334 g/mol. The fourth-order valence-electron chi connectivity index (χ4n) is 2.15. The lowest BCUT2D eigenvalue weighted by atomic mass is 10.3. The number of rotatable bonds is 10. The van der Waals surface area contributed by atoms with Gasteiger partial charge in [0.25, 0.3) is 0 Å². The molecule has 1 aromatic rings. The van der Waals surface area contributed by atoms with Crippen molar-refractivity contribution in [1.29, 1.82) is 0 Å². The van der Waals surface area contributed by atoms with Crippen molar-refractivity contribution in [2.24, 2.45) is 0 Å². The predicted molar refractivity (Wildman–Crippen MR) is 88.4 cm³/mol. The average molecular weight is 335 g/mol. The number of sulfonamides is 1. The molecule has 0 amide bonds. The zero-order chi connectivity index (χ0) is 15.9. The van der Waals surface area contributed by atoms with E-state index < -0.39 is 10.0 Å². The lowest BCUT2D eigenvalue weighted by molar-refractivity contribution is 0.563. The van der Waals surface area contributed by atoms with Gasteiger partial charge in [-0.25, -0.2) is 13.1 Å². The summed E-state index contributed by atoms with van der Waals surface area (Å²) in [4.78, 5) is 0.323. The normalized spacial score (nSPS) is 12.0. The Balaban J connectivity index is 2.76. The molecule has 21 heavy (non-hydrogen) atoms. The Morgan fingerprint density at radius 3 is 2.57 bits per heavy atom. The SMILES string of the molecule is CNCCn1nc(C)c(S(=O)(=O)NCCCCSC)c1C. The highest BCUT2D eigenvalue weighted by Crippen LogP contribution is 2.19. The largest absolute Gasteiger partial charge is 0.318 e. The molecular weight excluding hydrogens is 308 g/mol. The van der Waals surface area contributed by atoms with E-state index in [9.17, 15) is 8.42 Å². The summed E-state index contributed by atoms with van der Waals surface area (Å²) in [5.41, 5.74) is 1.25. The number of likely N-dealkylation sites (N-methyl/N-ethyl adjacent to an activating group) is 1. The molecule has 8 heteroatoms. The molecule has 0 unspecified atom stereocenters. The highest BCUT2D eigenvalue weighted by molar-refractivity contribution is 7.98. The van der Waals surface area contributed by atoms with Crippen molar-refractivity contribution < 1.29 is 8.42 Å². The zero-order valence-corrected chi connectivity index (χ0v) is 14.9. The molecule has 0 spiro atoms. The topological polar surface area (TPSA) is 76.0 Å². The van der Waals surface area contributed by atoms with Gasteiger partial charge >= 0.3 is 0 Å². The molecule has 6 nitrogen and oxygen atoms in total. The fraction of sp³-hybridized carbons (Fsp3) is 0.769. The van der Waals surface area contributed by atoms with Crippen LogP contribution in [0.2, 0.25) is 0 Å². The molecule has 0 saturated heterocycles. The molecule has 0 aliphatic carbocycles. The number of unbranched alkanes of at least 4 members (excludes halogenated alkanes) is 1. The maximum Gasteiger partial charge on any atom is 0.244 e. The quantitative estimate of drug-likeness (QED) is 0.628. The first-order valence-corrected chi connectivity index (χ1v) is 9.99. The first-order chi connectivity index (χ1) is 9.94. The highest BCUT2D eigenvalue weighted by Gasteiger charge is 2.23. The highest BCUT2D eigenvalue weighted by atomic mass is 32.2. The molecule has 0 fully saturated rings. The van der Waals surface area contributed by atoms with Gasteiger partial charge in [0.05, 0.1) is 17.9 Å². The van der Waals surface area contributed by atoms with Crippen molar-refractivity contribution >= 4 is 21.8 Å². The van der Waals surface area contributed by atoms with Gasteiger partial charge in [0.1, 0.15) is 4.90 Å². The van der Waals surface area contributed by atoms with Crippen molar-refractivity contribution in [2.75, 3.05) is 32.1 Å². The van der Waals surface area contributed by atoms with E-state index in [0.29, 0.717) is 29.4 Å². The molecule has 0 aromatic carbocycles. The summed E-state index contributed by atoms with van der Waals surface area (Å²) < 4.78 is 29.2. The van der Waals surface area contributed by atoms with Gasteiger partial charge in [-0.1, -0.05) is 0 Å². The minimum Gasteiger partial charge on any atom is -0.318 e. The second kappa shape index (κ2) is 8.77. The molecule has 2 N–H and O–H groups in total. The molecule has 0 radical (unpaired) electrons. The van der Waals surface area contributed by atoms with Crippen LogP contribution in [0.15, 0.2) is 4.90 Å². The predicted octanol–water partition coefficient (Wildman–Crippen LogP) is 1.14. The average Bonchev–Trinajstić information content (AvgIpc) is 2.71. The maximum absolute atomic E-state index is 12.4. The van der Waals surface area contributed by atoms with Crippen LogP contribution in [0.25, 0.3) is 0 Å². The number of thioether (sulfide) groups is 1. The van der Waals surface area contributed by atoms with Crippen LogP contribution in [0.4, 0.5) is 0 Å². The van der Waals surface area contributed by atoms with E-state index in [4.69, 9.17) is 0 Å². The zero-order valence-electron chi connectivity index (χ0n) is 13.3. The molecule has 0 bridgehead atoms. The summed E-state index contributed by atoms with van der Waals surface area (Å²) in [5.74, 6) is 1.06. The van der Waals surface area contributed by atoms with Gasteiger partial charge in [0.15, 0.2) is 0 Å². The summed E-state index contributed by atoms with van der Waals surface area (Å²) in [7, 11) is -1.61. The van der Waals surface area contributed by atoms with Crippen LogP contribution in [0.3, 0.4) is 0 Å². The van der Waals surface area contributed by atoms with Crippen molar-refractivity contribution in [3.05, 3.63) is 11.4 Å². The van der Waals surface area contributed by atoms with Gasteiger partial charge in [-0.15, -0.1) is 0 Å². The van der Waals surface area contributed by atoms with E-state index in [1.165, 1.54) is 0 Å². The standard InChI is InChI=1S/C13H26N4O2S2/c1-11-13(12(2)17(16-11)9-8-14-3)21(18,19)15-7-5-6-10-20-4/h14-15H,5-10H2,1-4H3. The molecule has 0 atom stereocenters. The van der Waals surface area contributed by atoms with Gasteiger partial charge in [-0.05, 0) is 45.7 Å². The van der Waals surface area contributed by atoms with Crippen molar-refractivity contribution in [2.45, 2.75) is 38.1 Å². The van der Waals surface area contributed by atoms with Crippen molar-refractivity contribution in [3.63, 3.8) is 0 Å². The molecule has 0 aliphatic rings. The lowest BCUT2D eigenvalue weighted by Crippen LogP contribution is -2.26. The van der Waals surface area contributed by atoms with E-state index in [1.807, 2.05) is 7.05 Å². The van der Waals surface area contributed by atoms with Crippen LogP contribution in [-0.2, 0) is 16.6 Å². The van der Waals surface area contributed by atoms with Crippen LogP contribution in [0.5, 0.6) is 0 Å². The molecule has 122 valence electrons. The molecule has 0 aliphatic heterocycles. The molecule has 0 saturated carbocycles. The molecular formula is C13H26N4O2S2. The number of nitrogens with one attached hydrogen (secondary N) is 2. The van der Waals surface area contributed by atoms with Crippen LogP contribution in [0.1, 0.15) is 24.2 Å². The van der Waals surface area contributed by atoms with Gasteiger partial charge in [0, 0.05) is 13.1 Å². The first kappa shape index (κ1) is 18.5. The third kappa shape index (κ3) is 5.28. The number of hydrogen-bond acceptors (Lipinski definition) is 5. The number of hydrogen-bond donors (Lipinski definition) is 2. The van der Waals surface area contributed by atoms with E-state index >= 15 is 0 Å². The third-order valence-corrected chi connectivity index (χ3v) is 5.63. The summed E-state index contributed by atoms with van der Waals surface area (Å²) in [6.45, 7) is 5.43. The van der Waals surface area contributed by atoms with E-state index in [-0.39, 0.29) is 0 Å². The number of aromatic nitrogens is 2. The fourth-order valence-corrected chi connectivity index (χ4v) is 4.13. The first-order valence-electron chi connectivity index (χ1n) is 7.11. The van der Waals surface area contributed by atoms with Crippen LogP contribution < -0.4 is 10.0 Å². The second-order valence-electron chi connectivity index (χ2n) is 4.92. The summed E-state index contributed by atoms with van der Waals surface area (Å²) >= 11 is 1.78. The third-order valence-electron chi connectivity index (χ3n) is 3.22. The van der Waals surface area contributed by atoms with Gasteiger partial charge < -0.3 is 5.32 Å². The summed E-state index contributed by atoms with van der Waals surface area (Å²) in [6, 6.07) is 0. The molecule has 1 heterocycles. The smallest absolute Gasteiger partial charge is 0.244 e. The Labute approximate surface area is 132 Å². The lowest BCUT2D eigenvalue weighted by Gasteiger charge is -2.08. The minimum atomic E-state index is -3.47. The Morgan fingerprint density at radius 1 is 1.24 bits per heavy atom. The summed E-state index contributed by atoms with van der Waals surface area (Å²) in [5, 5.41) is 7.36. The van der Waals surface area contributed by atoms with Crippen LogP contribution in [0, 0.1) is 13.8 Å². The minimum absolute atomic E-state index is 0.323. The van der Waals surface area contributed by atoms with Crippen molar-refractivity contribution in [3.8, 4) is 0 Å². The number of nitrogens with zero attached hydrogens (tertiary/aromatic N) is 2. The Bertz CT molecular complexity index is 541. The van der Waals surface area contributed by atoms with E-state index in [1.54, 1.807) is 30.3 Å². The van der Waals surface area contributed by atoms with Gasteiger partial charge in [0.2, 0.25) is 10.0 Å². The van der Waals surface area contributed by atoms with Gasteiger partial charge in [-0.3, -0.25) is 4.68 Å². The Morgan fingerprint density at radius 2 is 1.95 bits per heavy atom. The van der Waals surface area contributed by atoms with E-state index in [2.05, 4.69) is 21.4 Å². The second-order valence-corrected chi connectivity index (χ2v) is 7.61. The van der Waals surface area contributed by atoms with E-state index in [0.717, 1.165) is 25.1 Å². The summed E-state index contributed by atoms with van der Waals surface area (Å²) in [6.07, 6.45) is 3.92. The molecule has 1 aromatic heterocycles. The van der Waals surface area contributed by atoms with Crippen molar-refractivity contribution in [1.82, 2.24) is 19.8 Å². The Kier molecular flexibility index (Phi) is 7.72.